The molecule has 1 aliphatic heterocycles. The molecule has 2 amide bonds. The Morgan fingerprint density at radius 1 is 1.16 bits per heavy atom. The van der Waals surface area contributed by atoms with Crippen molar-refractivity contribution in [1.82, 2.24) is 15.0 Å². The summed E-state index contributed by atoms with van der Waals surface area (Å²) in [5.74, 6) is 1.66. The Morgan fingerprint density at radius 2 is 1.91 bits per heavy atom. The molecule has 0 bridgehead atoms. The van der Waals surface area contributed by atoms with Gasteiger partial charge in [0.2, 0.25) is 11.8 Å². The molecule has 3 aromatic rings. The topological polar surface area (TPSA) is 88.3 Å². The maximum atomic E-state index is 13.4. The number of rotatable bonds is 7. The van der Waals surface area contributed by atoms with Crippen LogP contribution in [-0.4, -0.2) is 45.7 Å². The molecule has 0 atom stereocenters. The first-order valence-electron chi connectivity index (χ1n) is 10.7. The van der Waals surface area contributed by atoms with Crippen LogP contribution in [0.1, 0.15) is 46.9 Å². The molecular weight excluding hydrogens is 444 g/mol. The number of hydrogen-bond donors (Lipinski definition) is 1. The van der Waals surface area contributed by atoms with E-state index in [9.17, 15) is 9.59 Å². The molecule has 1 fully saturated rings. The lowest BCUT2D eigenvalue weighted by Crippen LogP contribution is -2.36. The van der Waals surface area contributed by atoms with Gasteiger partial charge in [0.1, 0.15) is 5.00 Å². The average molecular weight is 471 g/mol. The Balaban J connectivity index is 1.53. The lowest BCUT2D eigenvalue weighted by atomic mass is 10.0. The third-order valence-electron chi connectivity index (χ3n) is 5.33. The number of benzene rings is 1. The molecule has 1 saturated heterocycles. The zero-order valence-corrected chi connectivity index (χ0v) is 19.9. The van der Waals surface area contributed by atoms with Crippen molar-refractivity contribution >= 4 is 39.9 Å². The van der Waals surface area contributed by atoms with E-state index in [1.54, 1.807) is 6.92 Å². The van der Waals surface area contributed by atoms with Gasteiger partial charge in [-0.2, -0.15) is 4.98 Å². The number of thiophene rings is 1. The van der Waals surface area contributed by atoms with Crippen molar-refractivity contribution in [3.05, 3.63) is 53.2 Å². The second-order valence-electron chi connectivity index (χ2n) is 7.75. The van der Waals surface area contributed by atoms with Gasteiger partial charge >= 0.3 is 0 Å². The van der Waals surface area contributed by atoms with E-state index in [1.165, 1.54) is 23.1 Å². The smallest absolute Gasteiger partial charge is 0.257 e. The number of nitrogens with zero attached hydrogens (tertiary/aromatic N) is 3. The van der Waals surface area contributed by atoms with Crippen molar-refractivity contribution < 1.29 is 14.1 Å². The van der Waals surface area contributed by atoms with Gasteiger partial charge in [-0.15, -0.1) is 23.1 Å². The van der Waals surface area contributed by atoms with Gasteiger partial charge in [-0.1, -0.05) is 35.5 Å². The summed E-state index contributed by atoms with van der Waals surface area (Å²) in [6, 6.07) is 9.99. The van der Waals surface area contributed by atoms with Crippen molar-refractivity contribution in [2.75, 3.05) is 24.2 Å². The third kappa shape index (κ3) is 5.21. The summed E-state index contributed by atoms with van der Waals surface area (Å²) in [6.45, 7) is 5.24. The van der Waals surface area contributed by atoms with Crippen LogP contribution in [0.5, 0.6) is 0 Å². The number of likely N-dealkylation sites (tertiary alicyclic amines) is 1. The molecule has 4 rings (SSSR count). The summed E-state index contributed by atoms with van der Waals surface area (Å²) >= 11 is 2.87. The van der Waals surface area contributed by atoms with Gasteiger partial charge in [-0.05, 0) is 37.3 Å². The molecule has 32 heavy (non-hydrogen) atoms. The number of nitrogens with one attached hydrogen (secondary N) is 1. The predicted octanol–water partition coefficient (Wildman–Crippen LogP) is 4.91. The minimum absolute atomic E-state index is 0.00542. The Hall–Kier alpha value is -2.65. The molecule has 1 N–H and O–H groups in total. The van der Waals surface area contributed by atoms with Crippen molar-refractivity contribution in [1.29, 1.82) is 0 Å². The number of piperidine rings is 1. The number of amides is 2. The molecule has 168 valence electrons. The van der Waals surface area contributed by atoms with Gasteiger partial charge in [0.05, 0.1) is 17.1 Å². The second kappa shape index (κ2) is 10.3. The molecule has 3 heterocycles. The van der Waals surface area contributed by atoms with Gasteiger partial charge in [0, 0.05) is 24.9 Å². The standard InChI is InChI=1S/C23H26N4O3S2/c1-15-20(23(29)27-11-7-4-8-12-27)22(32-21(15)17-9-5-3-6-10-17)25-19(28)14-31-13-18-24-16(2)30-26-18/h3,5-6,9-10H,4,7-8,11-14H2,1-2H3,(H,25,28). The lowest BCUT2D eigenvalue weighted by Gasteiger charge is -2.27. The Kier molecular flexibility index (Phi) is 7.26. The maximum absolute atomic E-state index is 13.4. The fourth-order valence-electron chi connectivity index (χ4n) is 3.78. The average Bonchev–Trinajstić information content (AvgIpc) is 3.37. The van der Waals surface area contributed by atoms with E-state index in [2.05, 4.69) is 15.5 Å². The summed E-state index contributed by atoms with van der Waals surface area (Å²) in [6.07, 6.45) is 3.20. The van der Waals surface area contributed by atoms with Crippen molar-refractivity contribution in [3.63, 3.8) is 0 Å². The van der Waals surface area contributed by atoms with E-state index in [-0.39, 0.29) is 17.6 Å². The fraction of sp³-hybridized carbons (Fsp3) is 0.391. The number of thioether (sulfide) groups is 1. The molecule has 7 nitrogen and oxygen atoms in total. The van der Waals surface area contributed by atoms with E-state index < -0.39 is 0 Å². The van der Waals surface area contributed by atoms with E-state index in [1.807, 2.05) is 42.2 Å². The second-order valence-corrected chi connectivity index (χ2v) is 9.76. The summed E-state index contributed by atoms with van der Waals surface area (Å²) in [5.41, 5.74) is 2.58. The number of carbonyl (C=O) groups is 2. The minimum atomic E-state index is -0.149. The van der Waals surface area contributed by atoms with Crippen LogP contribution >= 0.6 is 23.1 Å². The van der Waals surface area contributed by atoms with Crippen LogP contribution in [0.25, 0.3) is 10.4 Å². The van der Waals surface area contributed by atoms with Gasteiger partial charge in [-0.25, -0.2) is 0 Å². The molecule has 0 aliphatic carbocycles. The SMILES string of the molecule is Cc1nc(CSCC(=O)Nc2sc(-c3ccccc3)c(C)c2C(=O)N2CCCCC2)no1. The summed E-state index contributed by atoms with van der Waals surface area (Å²) in [7, 11) is 0. The number of hydrogen-bond acceptors (Lipinski definition) is 7. The molecule has 0 radical (unpaired) electrons. The molecule has 0 saturated carbocycles. The first kappa shape index (κ1) is 22.5. The molecular formula is C23H26N4O3S2. The normalized spacial score (nSPS) is 13.9. The minimum Gasteiger partial charge on any atom is -0.340 e. The van der Waals surface area contributed by atoms with Gasteiger partial charge in [-0.3, -0.25) is 9.59 Å². The summed E-state index contributed by atoms with van der Waals surface area (Å²) in [5, 5.41) is 7.47. The highest BCUT2D eigenvalue weighted by Crippen LogP contribution is 2.40. The van der Waals surface area contributed by atoms with Crippen LogP contribution < -0.4 is 5.32 Å². The highest BCUT2D eigenvalue weighted by atomic mass is 32.2. The number of anilines is 1. The summed E-state index contributed by atoms with van der Waals surface area (Å²) < 4.78 is 4.96. The lowest BCUT2D eigenvalue weighted by molar-refractivity contribution is -0.113. The molecule has 2 aromatic heterocycles. The Bertz CT molecular complexity index is 1090. The van der Waals surface area contributed by atoms with Crippen LogP contribution in [0.15, 0.2) is 34.9 Å². The van der Waals surface area contributed by atoms with E-state index in [4.69, 9.17) is 4.52 Å². The van der Waals surface area contributed by atoms with Crippen LogP contribution in [0.3, 0.4) is 0 Å². The molecule has 1 aromatic carbocycles. The highest BCUT2D eigenvalue weighted by molar-refractivity contribution is 7.99. The summed E-state index contributed by atoms with van der Waals surface area (Å²) in [4.78, 5) is 33.2. The molecule has 1 aliphatic rings. The largest absolute Gasteiger partial charge is 0.340 e. The van der Waals surface area contributed by atoms with E-state index in [0.717, 1.165) is 48.4 Å². The number of aromatic nitrogens is 2. The third-order valence-corrected chi connectivity index (χ3v) is 7.51. The molecule has 0 unspecified atom stereocenters. The monoisotopic (exact) mass is 470 g/mol. The van der Waals surface area contributed by atoms with Crippen LogP contribution in [0.2, 0.25) is 0 Å². The number of aryl methyl sites for hydroxylation is 1. The Morgan fingerprint density at radius 3 is 2.59 bits per heavy atom. The zero-order chi connectivity index (χ0) is 22.5. The molecule has 0 spiro atoms. The predicted molar refractivity (Wildman–Crippen MR) is 128 cm³/mol. The van der Waals surface area contributed by atoms with Crippen LogP contribution in [0, 0.1) is 13.8 Å². The van der Waals surface area contributed by atoms with Crippen LogP contribution in [-0.2, 0) is 10.5 Å². The van der Waals surface area contributed by atoms with Gasteiger partial charge in [0.25, 0.3) is 5.91 Å². The highest BCUT2D eigenvalue weighted by Gasteiger charge is 2.27. The first-order chi connectivity index (χ1) is 15.5. The Labute approximate surface area is 195 Å². The van der Waals surface area contributed by atoms with Gasteiger partial charge in [0.15, 0.2) is 5.82 Å². The van der Waals surface area contributed by atoms with Crippen molar-refractivity contribution in [3.8, 4) is 10.4 Å². The molecule has 9 heteroatoms. The van der Waals surface area contributed by atoms with Crippen molar-refractivity contribution in [2.45, 2.75) is 38.9 Å². The van der Waals surface area contributed by atoms with E-state index >= 15 is 0 Å². The van der Waals surface area contributed by atoms with Crippen LogP contribution in [0.4, 0.5) is 5.00 Å². The fourth-order valence-corrected chi connectivity index (χ4v) is 5.66. The zero-order valence-electron chi connectivity index (χ0n) is 18.2. The maximum Gasteiger partial charge on any atom is 0.257 e. The van der Waals surface area contributed by atoms with Gasteiger partial charge < -0.3 is 14.7 Å². The number of carbonyl (C=O) groups excluding carboxylic acids is 2. The van der Waals surface area contributed by atoms with Crippen molar-refractivity contribution in [2.24, 2.45) is 0 Å². The van der Waals surface area contributed by atoms with E-state index in [0.29, 0.717) is 28.0 Å². The first-order valence-corrected chi connectivity index (χ1v) is 12.6. The quantitative estimate of drug-likeness (QED) is 0.528.